The molecule has 0 spiro atoms. The van der Waals surface area contributed by atoms with Crippen molar-refractivity contribution < 1.29 is 4.74 Å². The van der Waals surface area contributed by atoms with Crippen LogP contribution in [0.2, 0.25) is 5.02 Å². The van der Waals surface area contributed by atoms with Crippen LogP contribution in [0.15, 0.2) is 78.9 Å². The van der Waals surface area contributed by atoms with Gasteiger partial charge in [0.25, 0.3) is 0 Å². The van der Waals surface area contributed by atoms with Crippen molar-refractivity contribution in [3.05, 3.63) is 95.0 Å². The molecule has 3 aromatic rings. The molecule has 1 fully saturated rings. The summed E-state index contributed by atoms with van der Waals surface area (Å²) in [5.41, 5.74) is 2.64. The summed E-state index contributed by atoms with van der Waals surface area (Å²) in [5.74, 6) is 1.65. The predicted molar refractivity (Wildman–Crippen MR) is 120 cm³/mol. The number of ether oxygens (including phenoxy) is 1. The van der Waals surface area contributed by atoms with Gasteiger partial charge in [0.1, 0.15) is 11.5 Å². The summed E-state index contributed by atoms with van der Waals surface area (Å²) in [4.78, 5) is 2.55. The Hall–Kier alpha value is -2.33. The van der Waals surface area contributed by atoms with Gasteiger partial charge in [-0.15, -0.1) is 0 Å². The number of nitrogens with one attached hydrogen (secondary N) is 1. The molecule has 0 bridgehead atoms. The second-order valence-corrected chi connectivity index (χ2v) is 8.06. The number of nitrogens with zero attached hydrogens (tertiary/aromatic N) is 1. The van der Waals surface area contributed by atoms with Gasteiger partial charge in [0.15, 0.2) is 0 Å². The highest BCUT2D eigenvalue weighted by atomic mass is 35.5. The van der Waals surface area contributed by atoms with Crippen molar-refractivity contribution in [2.24, 2.45) is 0 Å². The molecule has 1 saturated heterocycles. The Labute approximate surface area is 178 Å². The van der Waals surface area contributed by atoms with E-state index in [-0.39, 0.29) is 0 Å². The lowest BCUT2D eigenvalue weighted by atomic mass is 10.0. The van der Waals surface area contributed by atoms with Gasteiger partial charge in [-0.05, 0) is 73.5 Å². The Morgan fingerprint density at radius 3 is 2.31 bits per heavy atom. The Bertz CT molecular complexity index is 890. The Balaban J connectivity index is 1.24. The summed E-state index contributed by atoms with van der Waals surface area (Å²) >= 11 is 5.94. The van der Waals surface area contributed by atoms with E-state index in [1.807, 2.05) is 36.4 Å². The molecule has 1 N–H and O–H groups in total. The van der Waals surface area contributed by atoms with Gasteiger partial charge in [0, 0.05) is 24.2 Å². The van der Waals surface area contributed by atoms with Crippen molar-refractivity contribution in [2.45, 2.75) is 32.0 Å². The van der Waals surface area contributed by atoms with E-state index >= 15 is 0 Å². The second kappa shape index (κ2) is 9.93. The zero-order valence-corrected chi connectivity index (χ0v) is 17.3. The SMILES string of the molecule is Clc1ccc(Oc2cccc(CNC3CCN(Cc4ccccc4)CC3)c2)cc1. The average Bonchev–Trinajstić information content (AvgIpc) is 2.76. The fraction of sp³-hybridized carbons (Fsp3) is 0.280. The smallest absolute Gasteiger partial charge is 0.127 e. The van der Waals surface area contributed by atoms with E-state index in [0.717, 1.165) is 37.7 Å². The van der Waals surface area contributed by atoms with E-state index in [2.05, 4.69) is 52.7 Å². The quantitative estimate of drug-likeness (QED) is 0.529. The minimum Gasteiger partial charge on any atom is -0.457 e. The van der Waals surface area contributed by atoms with Crippen molar-refractivity contribution in [3.63, 3.8) is 0 Å². The van der Waals surface area contributed by atoms with E-state index in [1.165, 1.54) is 24.0 Å². The zero-order valence-electron chi connectivity index (χ0n) is 16.6. The highest BCUT2D eigenvalue weighted by Gasteiger charge is 2.18. The summed E-state index contributed by atoms with van der Waals surface area (Å²) in [6.45, 7) is 4.21. The van der Waals surface area contributed by atoms with Crippen LogP contribution in [-0.2, 0) is 13.1 Å². The minimum absolute atomic E-state index is 0.572. The molecule has 0 unspecified atom stereocenters. The molecule has 0 amide bonds. The van der Waals surface area contributed by atoms with E-state index in [1.54, 1.807) is 0 Å². The number of hydrogen-bond acceptors (Lipinski definition) is 3. The summed E-state index contributed by atoms with van der Waals surface area (Å²) in [6, 6.07) is 27.0. The Morgan fingerprint density at radius 1 is 0.828 bits per heavy atom. The molecule has 29 heavy (non-hydrogen) atoms. The van der Waals surface area contributed by atoms with Gasteiger partial charge in [-0.1, -0.05) is 54.1 Å². The van der Waals surface area contributed by atoms with E-state index < -0.39 is 0 Å². The van der Waals surface area contributed by atoms with Gasteiger partial charge in [0.05, 0.1) is 0 Å². The van der Waals surface area contributed by atoms with Gasteiger partial charge in [-0.2, -0.15) is 0 Å². The van der Waals surface area contributed by atoms with E-state index in [9.17, 15) is 0 Å². The molecule has 0 aromatic heterocycles. The largest absolute Gasteiger partial charge is 0.457 e. The first kappa shape index (κ1) is 20.0. The number of hydrogen-bond donors (Lipinski definition) is 1. The van der Waals surface area contributed by atoms with Crippen LogP contribution >= 0.6 is 11.6 Å². The van der Waals surface area contributed by atoms with Crippen LogP contribution in [0.4, 0.5) is 0 Å². The van der Waals surface area contributed by atoms with Crippen molar-refractivity contribution in [1.29, 1.82) is 0 Å². The van der Waals surface area contributed by atoms with Gasteiger partial charge < -0.3 is 10.1 Å². The highest BCUT2D eigenvalue weighted by Crippen LogP contribution is 2.24. The molecule has 150 valence electrons. The molecule has 4 rings (SSSR count). The monoisotopic (exact) mass is 406 g/mol. The number of likely N-dealkylation sites (tertiary alicyclic amines) is 1. The molecular formula is C25H27ClN2O. The van der Waals surface area contributed by atoms with Crippen LogP contribution in [0.1, 0.15) is 24.0 Å². The maximum absolute atomic E-state index is 5.94. The fourth-order valence-corrected chi connectivity index (χ4v) is 3.88. The molecule has 1 aliphatic rings. The maximum Gasteiger partial charge on any atom is 0.127 e. The van der Waals surface area contributed by atoms with E-state index in [0.29, 0.717) is 11.1 Å². The number of piperidine rings is 1. The predicted octanol–water partition coefficient (Wildman–Crippen LogP) is 5.89. The second-order valence-electron chi connectivity index (χ2n) is 7.62. The van der Waals surface area contributed by atoms with Gasteiger partial charge in [-0.25, -0.2) is 0 Å². The molecule has 0 radical (unpaired) electrons. The molecular weight excluding hydrogens is 380 g/mol. The van der Waals surface area contributed by atoms with Crippen LogP contribution in [0.3, 0.4) is 0 Å². The lowest BCUT2D eigenvalue weighted by Crippen LogP contribution is -2.41. The average molecular weight is 407 g/mol. The maximum atomic E-state index is 5.94. The summed E-state index contributed by atoms with van der Waals surface area (Å²) in [7, 11) is 0. The molecule has 0 atom stereocenters. The third-order valence-corrected chi connectivity index (χ3v) is 5.63. The van der Waals surface area contributed by atoms with Crippen LogP contribution < -0.4 is 10.1 Å². The fourth-order valence-electron chi connectivity index (χ4n) is 3.76. The normalized spacial score (nSPS) is 15.3. The van der Waals surface area contributed by atoms with Crippen molar-refractivity contribution in [1.82, 2.24) is 10.2 Å². The molecule has 3 nitrogen and oxygen atoms in total. The van der Waals surface area contributed by atoms with Crippen LogP contribution in [0.25, 0.3) is 0 Å². The third-order valence-electron chi connectivity index (χ3n) is 5.38. The molecule has 1 aliphatic heterocycles. The van der Waals surface area contributed by atoms with Crippen LogP contribution in [-0.4, -0.2) is 24.0 Å². The molecule has 0 aliphatic carbocycles. The third kappa shape index (κ3) is 6.07. The number of halogens is 1. The van der Waals surface area contributed by atoms with Crippen molar-refractivity contribution in [3.8, 4) is 11.5 Å². The molecule has 1 heterocycles. The highest BCUT2D eigenvalue weighted by molar-refractivity contribution is 6.30. The first-order valence-corrected chi connectivity index (χ1v) is 10.6. The zero-order chi connectivity index (χ0) is 19.9. The Kier molecular flexibility index (Phi) is 6.83. The first-order chi connectivity index (χ1) is 14.2. The topological polar surface area (TPSA) is 24.5 Å². The van der Waals surface area contributed by atoms with Crippen LogP contribution in [0.5, 0.6) is 11.5 Å². The first-order valence-electron chi connectivity index (χ1n) is 10.3. The lowest BCUT2D eigenvalue weighted by Gasteiger charge is -2.32. The lowest BCUT2D eigenvalue weighted by molar-refractivity contribution is 0.190. The molecule has 3 aromatic carbocycles. The van der Waals surface area contributed by atoms with Crippen LogP contribution in [0, 0.1) is 0 Å². The summed E-state index contributed by atoms with van der Waals surface area (Å²) in [6.07, 6.45) is 2.38. The standard InChI is InChI=1S/C25H27ClN2O/c26-22-9-11-24(12-10-22)29-25-8-4-7-21(17-25)18-27-23-13-15-28(16-14-23)19-20-5-2-1-3-6-20/h1-12,17,23,27H,13-16,18-19H2. The van der Waals surface area contributed by atoms with Gasteiger partial charge >= 0.3 is 0 Å². The summed E-state index contributed by atoms with van der Waals surface area (Å²) in [5, 5.41) is 4.43. The number of rotatable bonds is 7. The Morgan fingerprint density at radius 2 is 1.55 bits per heavy atom. The van der Waals surface area contributed by atoms with E-state index in [4.69, 9.17) is 16.3 Å². The number of benzene rings is 3. The molecule has 4 heteroatoms. The molecule has 0 saturated carbocycles. The summed E-state index contributed by atoms with van der Waals surface area (Å²) < 4.78 is 5.94. The van der Waals surface area contributed by atoms with Gasteiger partial charge in [0.2, 0.25) is 0 Å². The van der Waals surface area contributed by atoms with Crippen molar-refractivity contribution in [2.75, 3.05) is 13.1 Å². The van der Waals surface area contributed by atoms with Crippen molar-refractivity contribution >= 4 is 11.6 Å². The minimum atomic E-state index is 0.572. The van der Waals surface area contributed by atoms with Gasteiger partial charge in [-0.3, -0.25) is 4.90 Å².